The molecule has 0 heteroatoms. The van der Waals surface area contributed by atoms with Gasteiger partial charge in [0.05, 0.1) is 0 Å². The summed E-state index contributed by atoms with van der Waals surface area (Å²) in [6.45, 7) is 15.0. The van der Waals surface area contributed by atoms with E-state index in [0.717, 1.165) is 12.8 Å². The molecule has 1 saturated carbocycles. The molecule has 0 saturated heterocycles. The summed E-state index contributed by atoms with van der Waals surface area (Å²) in [5, 5.41) is 0. The number of hydrogen-bond acceptors (Lipinski definition) is 0. The smallest absolute Gasteiger partial charge is 0.00174 e. The van der Waals surface area contributed by atoms with Crippen molar-refractivity contribution in [3.05, 3.63) is 88.6 Å². The number of rotatable bonds is 2. The van der Waals surface area contributed by atoms with Crippen LogP contribution in [0.3, 0.4) is 0 Å². The van der Waals surface area contributed by atoms with Crippen molar-refractivity contribution in [3.63, 3.8) is 0 Å². The van der Waals surface area contributed by atoms with Crippen LogP contribution in [0.2, 0.25) is 0 Å². The van der Waals surface area contributed by atoms with Crippen LogP contribution in [-0.2, 0) is 0 Å². The van der Waals surface area contributed by atoms with E-state index in [1.165, 1.54) is 44.6 Å². The highest BCUT2D eigenvalue weighted by Crippen LogP contribution is 2.40. The molecule has 0 radical (unpaired) electrons. The SMILES string of the molecule is C=C1C/C(=C\C2=CC=C(c3cccc(C)c3C)C2)C(=C)C1C. The van der Waals surface area contributed by atoms with E-state index >= 15 is 0 Å². The number of benzene rings is 1. The minimum Gasteiger partial charge on any atom is -0.0989 e. The van der Waals surface area contributed by atoms with Crippen LogP contribution in [0.4, 0.5) is 0 Å². The lowest BCUT2D eigenvalue weighted by Crippen LogP contribution is -1.91. The summed E-state index contributed by atoms with van der Waals surface area (Å²) in [4.78, 5) is 0. The van der Waals surface area contributed by atoms with E-state index in [9.17, 15) is 0 Å². The molecule has 0 amide bonds. The van der Waals surface area contributed by atoms with Gasteiger partial charge in [-0.3, -0.25) is 0 Å². The Morgan fingerprint density at radius 2 is 1.86 bits per heavy atom. The molecule has 0 aliphatic heterocycles. The number of allylic oxidation sites excluding steroid dienone is 8. The molecule has 1 unspecified atom stereocenters. The highest BCUT2D eigenvalue weighted by atomic mass is 14.3. The van der Waals surface area contributed by atoms with E-state index in [0.29, 0.717) is 5.92 Å². The van der Waals surface area contributed by atoms with Crippen LogP contribution in [0.15, 0.2) is 71.9 Å². The Bertz CT molecular complexity index is 750. The zero-order valence-electron chi connectivity index (χ0n) is 13.9. The predicted molar refractivity (Wildman–Crippen MR) is 96.7 cm³/mol. The van der Waals surface area contributed by atoms with Gasteiger partial charge in [0.15, 0.2) is 0 Å². The fourth-order valence-corrected chi connectivity index (χ4v) is 3.33. The molecule has 0 heterocycles. The summed E-state index contributed by atoms with van der Waals surface area (Å²) >= 11 is 0. The molecule has 1 atom stereocenters. The summed E-state index contributed by atoms with van der Waals surface area (Å²) in [5.41, 5.74) is 10.8. The Balaban J connectivity index is 1.79. The first-order valence-electron chi connectivity index (χ1n) is 8.01. The van der Waals surface area contributed by atoms with Crippen molar-refractivity contribution >= 4 is 5.57 Å². The van der Waals surface area contributed by atoms with E-state index in [2.05, 4.69) is 70.4 Å². The van der Waals surface area contributed by atoms with Gasteiger partial charge in [0, 0.05) is 5.92 Å². The van der Waals surface area contributed by atoms with Gasteiger partial charge in [0.1, 0.15) is 0 Å². The minimum atomic E-state index is 0.430. The molecule has 1 fully saturated rings. The molecule has 0 N–H and O–H groups in total. The molecule has 3 rings (SSSR count). The second kappa shape index (κ2) is 5.61. The largest absolute Gasteiger partial charge is 0.0989 e. The lowest BCUT2D eigenvalue weighted by Gasteiger charge is -2.10. The lowest BCUT2D eigenvalue weighted by molar-refractivity contribution is 0.868. The van der Waals surface area contributed by atoms with Crippen molar-refractivity contribution in [2.24, 2.45) is 5.92 Å². The predicted octanol–water partition coefficient (Wildman–Crippen LogP) is 6.10. The minimum absolute atomic E-state index is 0.430. The Labute approximate surface area is 134 Å². The monoisotopic (exact) mass is 288 g/mol. The molecular weight excluding hydrogens is 264 g/mol. The quantitative estimate of drug-likeness (QED) is 0.577. The van der Waals surface area contributed by atoms with Crippen molar-refractivity contribution in [2.75, 3.05) is 0 Å². The normalized spacial score (nSPS) is 23.2. The Hall–Kier alpha value is -2.08. The van der Waals surface area contributed by atoms with Crippen molar-refractivity contribution in [3.8, 4) is 0 Å². The van der Waals surface area contributed by atoms with Gasteiger partial charge < -0.3 is 0 Å². The van der Waals surface area contributed by atoms with E-state index in [-0.39, 0.29) is 0 Å². The highest BCUT2D eigenvalue weighted by molar-refractivity contribution is 5.76. The fourth-order valence-electron chi connectivity index (χ4n) is 3.33. The van der Waals surface area contributed by atoms with Crippen molar-refractivity contribution in [2.45, 2.75) is 33.6 Å². The van der Waals surface area contributed by atoms with Crippen LogP contribution in [0.25, 0.3) is 5.57 Å². The molecule has 0 aromatic heterocycles. The molecule has 2 aliphatic rings. The Morgan fingerprint density at radius 3 is 2.55 bits per heavy atom. The molecule has 2 aliphatic carbocycles. The van der Waals surface area contributed by atoms with Gasteiger partial charge in [-0.15, -0.1) is 0 Å². The molecule has 22 heavy (non-hydrogen) atoms. The molecule has 0 bridgehead atoms. The second-order valence-electron chi connectivity index (χ2n) is 6.61. The first-order valence-corrected chi connectivity index (χ1v) is 8.01. The van der Waals surface area contributed by atoms with E-state index in [1.54, 1.807) is 0 Å². The molecule has 1 aromatic rings. The van der Waals surface area contributed by atoms with Gasteiger partial charge in [-0.25, -0.2) is 0 Å². The van der Waals surface area contributed by atoms with E-state index in [4.69, 9.17) is 0 Å². The van der Waals surface area contributed by atoms with Crippen molar-refractivity contribution < 1.29 is 0 Å². The second-order valence-corrected chi connectivity index (χ2v) is 6.61. The molecule has 112 valence electrons. The summed E-state index contributed by atoms with van der Waals surface area (Å²) in [6.07, 6.45) is 8.84. The van der Waals surface area contributed by atoms with Gasteiger partial charge in [-0.1, -0.05) is 62.1 Å². The van der Waals surface area contributed by atoms with Gasteiger partial charge >= 0.3 is 0 Å². The summed E-state index contributed by atoms with van der Waals surface area (Å²) in [6, 6.07) is 6.57. The maximum atomic E-state index is 4.24. The summed E-state index contributed by atoms with van der Waals surface area (Å²) < 4.78 is 0. The van der Waals surface area contributed by atoms with Crippen LogP contribution in [0.5, 0.6) is 0 Å². The first kappa shape index (κ1) is 14.8. The zero-order chi connectivity index (χ0) is 15.9. The van der Waals surface area contributed by atoms with Gasteiger partial charge in [0.2, 0.25) is 0 Å². The third-order valence-electron chi connectivity index (χ3n) is 5.17. The molecule has 0 spiro atoms. The van der Waals surface area contributed by atoms with Crippen LogP contribution < -0.4 is 0 Å². The maximum Gasteiger partial charge on any atom is 0.00174 e. The van der Waals surface area contributed by atoms with Gasteiger partial charge in [-0.2, -0.15) is 0 Å². The number of aryl methyl sites for hydroxylation is 1. The van der Waals surface area contributed by atoms with E-state index < -0.39 is 0 Å². The van der Waals surface area contributed by atoms with Crippen LogP contribution in [0.1, 0.15) is 36.5 Å². The topological polar surface area (TPSA) is 0 Å². The lowest BCUT2D eigenvalue weighted by atomic mass is 9.94. The average Bonchev–Trinajstić information content (AvgIpc) is 3.04. The fraction of sp³-hybridized carbons (Fsp3) is 0.273. The van der Waals surface area contributed by atoms with Crippen LogP contribution in [0, 0.1) is 19.8 Å². The average molecular weight is 288 g/mol. The zero-order valence-corrected chi connectivity index (χ0v) is 13.9. The molecule has 0 nitrogen and oxygen atoms in total. The number of hydrogen-bond donors (Lipinski definition) is 0. The van der Waals surface area contributed by atoms with Crippen LogP contribution in [-0.4, -0.2) is 0 Å². The van der Waals surface area contributed by atoms with Gasteiger partial charge in [0.25, 0.3) is 0 Å². The summed E-state index contributed by atoms with van der Waals surface area (Å²) in [5.74, 6) is 0.430. The third-order valence-corrected chi connectivity index (χ3v) is 5.17. The highest BCUT2D eigenvalue weighted by Gasteiger charge is 2.23. The van der Waals surface area contributed by atoms with Crippen molar-refractivity contribution in [1.29, 1.82) is 0 Å². The maximum absolute atomic E-state index is 4.24. The van der Waals surface area contributed by atoms with Crippen LogP contribution >= 0.6 is 0 Å². The van der Waals surface area contributed by atoms with Gasteiger partial charge in [-0.05, 0) is 65.7 Å². The third kappa shape index (κ3) is 2.54. The molecule has 1 aromatic carbocycles. The first-order chi connectivity index (χ1) is 10.5. The molecular formula is C22H24. The summed E-state index contributed by atoms with van der Waals surface area (Å²) in [7, 11) is 0. The van der Waals surface area contributed by atoms with E-state index in [1.807, 2.05) is 0 Å². The standard InChI is InChI=1S/C22H24/c1-14-7-6-8-22(17(14)4)20-10-9-19(12-20)13-21-11-15(2)16(3)18(21)5/h6-10,13,16H,2,5,11-12H2,1,3-4H3/b21-13+. The Kier molecular flexibility index (Phi) is 3.78. The Morgan fingerprint density at radius 1 is 1.09 bits per heavy atom. The van der Waals surface area contributed by atoms with Crippen molar-refractivity contribution in [1.82, 2.24) is 0 Å².